The van der Waals surface area contributed by atoms with Gasteiger partial charge in [-0.1, -0.05) is 31.2 Å². The third-order valence-electron chi connectivity index (χ3n) is 4.71. The minimum atomic E-state index is -0.0724. The molecule has 0 aliphatic carbocycles. The fourth-order valence-corrected chi connectivity index (χ4v) is 3.91. The number of thiophene rings is 1. The molecule has 23 heavy (non-hydrogen) atoms. The van der Waals surface area contributed by atoms with Gasteiger partial charge in [-0.2, -0.15) is 11.3 Å². The van der Waals surface area contributed by atoms with E-state index in [2.05, 4.69) is 52.9 Å². The van der Waals surface area contributed by atoms with E-state index in [0.29, 0.717) is 0 Å². The maximum absolute atomic E-state index is 13.0. The normalized spacial score (nSPS) is 19.6. The van der Waals surface area contributed by atoms with E-state index in [0.717, 1.165) is 31.6 Å². The van der Waals surface area contributed by atoms with Crippen molar-refractivity contribution in [2.75, 3.05) is 19.6 Å². The van der Waals surface area contributed by atoms with Crippen LogP contribution in [-0.4, -0.2) is 30.4 Å². The van der Waals surface area contributed by atoms with Crippen LogP contribution in [0.3, 0.4) is 0 Å². The molecule has 2 atom stereocenters. The van der Waals surface area contributed by atoms with Gasteiger partial charge in [0.25, 0.3) is 0 Å². The van der Waals surface area contributed by atoms with Crippen molar-refractivity contribution in [1.29, 1.82) is 0 Å². The highest BCUT2D eigenvalue weighted by atomic mass is 32.1. The summed E-state index contributed by atoms with van der Waals surface area (Å²) >= 11 is 1.65. The van der Waals surface area contributed by atoms with E-state index >= 15 is 0 Å². The van der Waals surface area contributed by atoms with E-state index in [-0.39, 0.29) is 17.9 Å². The zero-order chi connectivity index (χ0) is 16.2. The Labute approximate surface area is 142 Å². The molecule has 1 N–H and O–H groups in total. The smallest absolute Gasteiger partial charge is 0.230 e. The Morgan fingerprint density at radius 3 is 2.78 bits per heavy atom. The number of nitrogens with one attached hydrogen (secondary N) is 1. The number of rotatable bonds is 4. The first-order valence-electron chi connectivity index (χ1n) is 8.33. The van der Waals surface area contributed by atoms with Crippen LogP contribution < -0.4 is 5.32 Å². The molecule has 0 bridgehead atoms. The number of benzene rings is 1. The van der Waals surface area contributed by atoms with Gasteiger partial charge in [-0.25, -0.2) is 0 Å². The van der Waals surface area contributed by atoms with Gasteiger partial charge in [-0.3, -0.25) is 4.79 Å². The van der Waals surface area contributed by atoms with E-state index in [1.807, 2.05) is 12.3 Å². The second-order valence-electron chi connectivity index (χ2n) is 6.13. The van der Waals surface area contributed by atoms with Crippen LogP contribution in [0.4, 0.5) is 0 Å². The van der Waals surface area contributed by atoms with Crippen molar-refractivity contribution in [3.05, 3.63) is 57.8 Å². The predicted octanol–water partition coefficient (Wildman–Crippen LogP) is 3.59. The van der Waals surface area contributed by atoms with Crippen LogP contribution >= 0.6 is 11.3 Å². The highest BCUT2D eigenvalue weighted by Gasteiger charge is 2.31. The molecule has 1 amide bonds. The molecule has 1 aromatic carbocycles. The van der Waals surface area contributed by atoms with Crippen LogP contribution in [-0.2, 0) is 11.2 Å². The van der Waals surface area contributed by atoms with Gasteiger partial charge in [0.1, 0.15) is 0 Å². The first kappa shape index (κ1) is 16.2. The molecule has 1 aliphatic heterocycles. The van der Waals surface area contributed by atoms with Crippen molar-refractivity contribution in [2.24, 2.45) is 0 Å². The topological polar surface area (TPSA) is 32.3 Å². The first-order valence-corrected chi connectivity index (χ1v) is 9.27. The van der Waals surface area contributed by atoms with Crippen LogP contribution in [0.2, 0.25) is 0 Å². The van der Waals surface area contributed by atoms with E-state index in [4.69, 9.17) is 0 Å². The Balaban J connectivity index is 1.81. The highest BCUT2D eigenvalue weighted by Crippen LogP contribution is 2.28. The number of aryl methyl sites for hydroxylation is 1. The lowest BCUT2D eigenvalue weighted by atomic mass is 9.97. The van der Waals surface area contributed by atoms with Crippen LogP contribution in [0.25, 0.3) is 0 Å². The van der Waals surface area contributed by atoms with E-state index in [9.17, 15) is 4.79 Å². The summed E-state index contributed by atoms with van der Waals surface area (Å²) in [6.45, 7) is 6.64. The number of nitrogens with zero attached hydrogens (tertiary/aromatic N) is 1. The Bertz CT molecular complexity index is 636. The Kier molecular flexibility index (Phi) is 5.13. The predicted molar refractivity (Wildman–Crippen MR) is 95.9 cm³/mol. The summed E-state index contributed by atoms with van der Waals surface area (Å²) in [6.07, 6.45) is 1.04. The molecule has 3 nitrogen and oxygen atoms in total. The summed E-state index contributed by atoms with van der Waals surface area (Å²) in [4.78, 5) is 15.1. The molecule has 1 fully saturated rings. The van der Waals surface area contributed by atoms with Gasteiger partial charge in [0, 0.05) is 19.6 Å². The average Bonchev–Trinajstić information content (AvgIpc) is 3.15. The zero-order valence-electron chi connectivity index (χ0n) is 13.8. The standard InChI is InChI=1S/C19H24N2OS/c1-3-15-4-6-16(7-5-15)18-12-20-9-10-21(18)19(22)14(2)17-8-11-23-13-17/h4-8,11,13-14,18,20H,3,9-10,12H2,1-2H3. The summed E-state index contributed by atoms with van der Waals surface area (Å²) in [5.41, 5.74) is 3.68. The lowest BCUT2D eigenvalue weighted by molar-refractivity contribution is -0.135. The molecule has 2 unspecified atom stereocenters. The van der Waals surface area contributed by atoms with E-state index in [1.165, 1.54) is 11.1 Å². The van der Waals surface area contributed by atoms with Crippen molar-refractivity contribution in [2.45, 2.75) is 32.2 Å². The van der Waals surface area contributed by atoms with Crippen LogP contribution in [0.15, 0.2) is 41.1 Å². The van der Waals surface area contributed by atoms with E-state index < -0.39 is 0 Å². The third kappa shape index (κ3) is 3.48. The molecule has 122 valence electrons. The molecule has 1 aromatic heterocycles. The molecule has 3 rings (SSSR count). The number of hydrogen-bond donors (Lipinski definition) is 1. The molecule has 4 heteroatoms. The third-order valence-corrected chi connectivity index (χ3v) is 5.41. The van der Waals surface area contributed by atoms with Crippen molar-refractivity contribution < 1.29 is 4.79 Å². The van der Waals surface area contributed by atoms with Crippen LogP contribution in [0.1, 0.15) is 42.5 Å². The Morgan fingerprint density at radius 2 is 2.13 bits per heavy atom. The largest absolute Gasteiger partial charge is 0.333 e. The number of piperazine rings is 1. The maximum atomic E-state index is 13.0. The Hall–Kier alpha value is -1.65. The molecular formula is C19H24N2OS. The van der Waals surface area contributed by atoms with Crippen molar-refractivity contribution in [3.8, 4) is 0 Å². The second kappa shape index (κ2) is 7.28. The Morgan fingerprint density at radius 1 is 1.35 bits per heavy atom. The van der Waals surface area contributed by atoms with Gasteiger partial charge in [0.15, 0.2) is 0 Å². The van der Waals surface area contributed by atoms with Crippen molar-refractivity contribution in [1.82, 2.24) is 10.2 Å². The molecule has 2 aromatic rings. The van der Waals surface area contributed by atoms with Gasteiger partial charge in [-0.05, 0) is 46.9 Å². The van der Waals surface area contributed by atoms with Crippen molar-refractivity contribution >= 4 is 17.2 Å². The minimum Gasteiger partial charge on any atom is -0.333 e. The molecule has 1 aliphatic rings. The summed E-state index contributed by atoms with van der Waals surface area (Å²) in [5, 5.41) is 7.55. The summed E-state index contributed by atoms with van der Waals surface area (Å²) in [7, 11) is 0. The number of carbonyl (C=O) groups excluding carboxylic acids is 1. The van der Waals surface area contributed by atoms with Gasteiger partial charge in [-0.15, -0.1) is 0 Å². The molecule has 0 saturated carbocycles. The monoisotopic (exact) mass is 328 g/mol. The number of amides is 1. The fourth-order valence-electron chi connectivity index (χ4n) is 3.15. The molecule has 1 saturated heterocycles. The lowest BCUT2D eigenvalue weighted by Gasteiger charge is -2.38. The van der Waals surface area contributed by atoms with E-state index in [1.54, 1.807) is 11.3 Å². The van der Waals surface area contributed by atoms with Gasteiger partial charge in [0.2, 0.25) is 5.91 Å². The highest BCUT2D eigenvalue weighted by molar-refractivity contribution is 7.08. The zero-order valence-corrected chi connectivity index (χ0v) is 14.6. The van der Waals surface area contributed by atoms with Crippen LogP contribution in [0, 0.1) is 0 Å². The second-order valence-corrected chi connectivity index (χ2v) is 6.91. The quantitative estimate of drug-likeness (QED) is 0.930. The average molecular weight is 328 g/mol. The summed E-state index contributed by atoms with van der Waals surface area (Å²) in [5.74, 6) is 0.159. The summed E-state index contributed by atoms with van der Waals surface area (Å²) in [6, 6.07) is 10.9. The van der Waals surface area contributed by atoms with Crippen molar-refractivity contribution in [3.63, 3.8) is 0 Å². The molecule has 0 spiro atoms. The maximum Gasteiger partial charge on any atom is 0.230 e. The summed E-state index contributed by atoms with van der Waals surface area (Å²) < 4.78 is 0. The fraction of sp³-hybridized carbons (Fsp3) is 0.421. The number of hydrogen-bond acceptors (Lipinski definition) is 3. The lowest BCUT2D eigenvalue weighted by Crippen LogP contribution is -2.49. The molecular weight excluding hydrogens is 304 g/mol. The van der Waals surface area contributed by atoms with Crippen LogP contribution in [0.5, 0.6) is 0 Å². The van der Waals surface area contributed by atoms with Gasteiger partial charge < -0.3 is 10.2 Å². The molecule has 0 radical (unpaired) electrons. The van der Waals surface area contributed by atoms with Gasteiger partial charge >= 0.3 is 0 Å². The minimum absolute atomic E-state index is 0.0724. The molecule has 2 heterocycles. The number of carbonyl (C=O) groups is 1. The van der Waals surface area contributed by atoms with Gasteiger partial charge in [0.05, 0.1) is 12.0 Å². The SMILES string of the molecule is CCc1ccc(C2CNCCN2C(=O)C(C)c2ccsc2)cc1. The first-order chi connectivity index (χ1) is 11.2.